The molecule has 0 spiro atoms. The Morgan fingerprint density at radius 2 is 1.77 bits per heavy atom. The van der Waals surface area contributed by atoms with Gasteiger partial charge in [0.05, 0.1) is 30.6 Å². The van der Waals surface area contributed by atoms with Crippen molar-refractivity contribution in [1.82, 2.24) is 20.6 Å². The van der Waals surface area contributed by atoms with E-state index in [9.17, 15) is 41.0 Å². The lowest BCUT2D eigenvalue weighted by molar-refractivity contribution is -0.155. The smallest absolute Gasteiger partial charge is 0.419 e. The first-order valence-corrected chi connectivity index (χ1v) is 10.2. The van der Waals surface area contributed by atoms with Gasteiger partial charge in [-0.15, -0.1) is 0 Å². The van der Waals surface area contributed by atoms with E-state index >= 15 is 0 Å². The second kappa shape index (κ2) is 9.68. The molecule has 1 heterocycles. The zero-order valence-electron chi connectivity index (χ0n) is 18.1. The molecule has 0 aliphatic heterocycles. The van der Waals surface area contributed by atoms with Crippen LogP contribution in [0.2, 0.25) is 0 Å². The van der Waals surface area contributed by atoms with E-state index in [0.717, 1.165) is 24.5 Å². The topological polar surface area (TPSA) is 113 Å². The third-order valence-corrected chi connectivity index (χ3v) is 5.03. The monoisotopic (exact) mass is 506 g/mol. The molecule has 14 heteroatoms. The quantitative estimate of drug-likeness (QED) is 0.472. The maximum absolute atomic E-state index is 13.4. The summed E-state index contributed by atoms with van der Waals surface area (Å²) in [7, 11) is 0. The number of halogens is 6. The number of rotatable bonds is 8. The summed E-state index contributed by atoms with van der Waals surface area (Å²) in [6.45, 7) is 1.08. The average molecular weight is 506 g/mol. The van der Waals surface area contributed by atoms with Crippen LogP contribution in [0.4, 0.5) is 26.3 Å². The standard InChI is InChI=1S/C21H20F6N4O4/c1-11(32)12-2-3-15(14(6-12)21(25,26)27)35-13-8-28-16(29-9-13)10-30-18(34)19(4-5-19)31-17(33)7-20(22,23)24/h2-3,6,8-9,11,32H,4-5,7,10H2,1H3,(H,30,34)(H,31,33). The minimum atomic E-state index is -4.75. The molecule has 2 aromatic rings. The van der Waals surface area contributed by atoms with Gasteiger partial charge < -0.3 is 20.5 Å². The normalized spacial score (nSPS) is 15.8. The van der Waals surface area contributed by atoms with Gasteiger partial charge in [-0.25, -0.2) is 9.97 Å². The predicted molar refractivity (Wildman–Crippen MR) is 107 cm³/mol. The molecule has 1 fully saturated rings. The first-order valence-electron chi connectivity index (χ1n) is 10.2. The van der Waals surface area contributed by atoms with Crippen molar-refractivity contribution in [1.29, 1.82) is 0 Å². The molecule has 3 N–H and O–H groups in total. The van der Waals surface area contributed by atoms with Crippen LogP contribution in [-0.2, 0) is 22.3 Å². The van der Waals surface area contributed by atoms with Crippen LogP contribution in [0.5, 0.6) is 11.5 Å². The fourth-order valence-electron chi connectivity index (χ4n) is 3.09. The van der Waals surface area contributed by atoms with E-state index in [4.69, 9.17) is 4.74 Å². The number of nitrogens with zero attached hydrogens (tertiary/aromatic N) is 2. The van der Waals surface area contributed by atoms with Gasteiger partial charge in [-0.2, -0.15) is 26.3 Å². The zero-order chi connectivity index (χ0) is 26.0. The number of carbonyl (C=O) groups excluding carboxylic acids is 2. The number of benzene rings is 1. The summed E-state index contributed by atoms with van der Waals surface area (Å²) in [5.41, 5.74) is -2.47. The highest BCUT2D eigenvalue weighted by Gasteiger charge is 2.51. The van der Waals surface area contributed by atoms with Crippen molar-refractivity contribution in [2.24, 2.45) is 0 Å². The van der Waals surface area contributed by atoms with Gasteiger partial charge in [0.1, 0.15) is 23.5 Å². The number of ether oxygens (including phenoxy) is 1. The van der Waals surface area contributed by atoms with Crippen LogP contribution in [0.3, 0.4) is 0 Å². The lowest BCUT2D eigenvalue weighted by atomic mass is 10.1. The zero-order valence-corrected chi connectivity index (χ0v) is 18.1. The Bertz CT molecular complexity index is 1080. The summed E-state index contributed by atoms with van der Waals surface area (Å²) in [5, 5.41) is 14.0. The fourth-order valence-corrected chi connectivity index (χ4v) is 3.09. The Balaban J connectivity index is 1.60. The van der Waals surface area contributed by atoms with Crippen molar-refractivity contribution in [3.8, 4) is 11.5 Å². The highest BCUT2D eigenvalue weighted by Crippen LogP contribution is 2.39. The number of aliphatic hydroxyl groups excluding tert-OH is 1. The van der Waals surface area contributed by atoms with Crippen molar-refractivity contribution >= 4 is 11.8 Å². The van der Waals surface area contributed by atoms with Gasteiger partial charge in [-0.3, -0.25) is 9.59 Å². The lowest BCUT2D eigenvalue weighted by Crippen LogP contribution is -2.49. The molecule has 1 aromatic heterocycles. The summed E-state index contributed by atoms with van der Waals surface area (Å²) in [6.07, 6.45) is -9.77. The van der Waals surface area contributed by atoms with Crippen LogP contribution in [0, 0.1) is 0 Å². The third kappa shape index (κ3) is 7.04. The molecule has 35 heavy (non-hydrogen) atoms. The molecule has 0 radical (unpaired) electrons. The van der Waals surface area contributed by atoms with Gasteiger partial charge in [0.2, 0.25) is 11.8 Å². The van der Waals surface area contributed by atoms with Crippen molar-refractivity contribution in [2.45, 2.75) is 56.7 Å². The molecular formula is C21H20F6N4O4. The van der Waals surface area contributed by atoms with Gasteiger partial charge in [0.15, 0.2) is 5.75 Å². The molecular weight excluding hydrogens is 486 g/mol. The van der Waals surface area contributed by atoms with E-state index in [2.05, 4.69) is 20.6 Å². The Hall–Kier alpha value is -3.42. The Labute approximate surface area is 194 Å². The first-order chi connectivity index (χ1) is 16.2. The van der Waals surface area contributed by atoms with Gasteiger partial charge in [0, 0.05) is 0 Å². The second-order valence-corrected chi connectivity index (χ2v) is 7.97. The van der Waals surface area contributed by atoms with E-state index in [1.807, 2.05) is 0 Å². The SMILES string of the molecule is CC(O)c1ccc(Oc2cnc(CNC(=O)C3(NC(=O)CC(F)(F)F)CC3)nc2)c(C(F)(F)F)c1. The summed E-state index contributed by atoms with van der Waals surface area (Å²) in [4.78, 5) is 31.6. The Morgan fingerprint density at radius 1 is 1.14 bits per heavy atom. The number of aliphatic hydroxyl groups is 1. The van der Waals surface area contributed by atoms with Gasteiger partial charge in [-0.1, -0.05) is 6.07 Å². The van der Waals surface area contributed by atoms with Gasteiger partial charge >= 0.3 is 12.4 Å². The third-order valence-electron chi connectivity index (χ3n) is 5.03. The fraction of sp³-hybridized carbons (Fsp3) is 0.429. The number of hydrogen-bond acceptors (Lipinski definition) is 6. The lowest BCUT2D eigenvalue weighted by Gasteiger charge is -2.18. The Kier molecular flexibility index (Phi) is 7.24. The van der Waals surface area contributed by atoms with E-state index < -0.39 is 53.5 Å². The highest BCUT2D eigenvalue weighted by molar-refractivity contribution is 5.94. The molecule has 1 aromatic carbocycles. The number of aromatic nitrogens is 2. The van der Waals surface area contributed by atoms with E-state index in [0.29, 0.717) is 0 Å². The second-order valence-electron chi connectivity index (χ2n) is 7.97. The van der Waals surface area contributed by atoms with E-state index in [1.165, 1.54) is 13.0 Å². The number of nitrogens with one attached hydrogen (secondary N) is 2. The molecule has 2 amide bonds. The number of hydrogen-bond donors (Lipinski definition) is 3. The number of amides is 2. The molecule has 1 saturated carbocycles. The van der Waals surface area contributed by atoms with Crippen molar-refractivity contribution in [3.63, 3.8) is 0 Å². The molecule has 1 unspecified atom stereocenters. The van der Waals surface area contributed by atoms with Crippen LogP contribution < -0.4 is 15.4 Å². The van der Waals surface area contributed by atoms with E-state index in [1.54, 1.807) is 0 Å². The Morgan fingerprint density at radius 3 is 2.29 bits per heavy atom. The summed E-state index contributed by atoms with van der Waals surface area (Å²) < 4.78 is 82.3. The number of carbonyl (C=O) groups is 2. The minimum absolute atomic E-state index is 0.0450. The van der Waals surface area contributed by atoms with Gasteiger partial charge in [0.25, 0.3) is 0 Å². The van der Waals surface area contributed by atoms with Crippen LogP contribution >= 0.6 is 0 Å². The maximum Gasteiger partial charge on any atom is 0.419 e. The van der Waals surface area contributed by atoms with Crippen LogP contribution in [0.1, 0.15) is 49.2 Å². The largest absolute Gasteiger partial charge is 0.453 e. The first kappa shape index (κ1) is 26.2. The molecule has 190 valence electrons. The molecule has 0 saturated heterocycles. The molecule has 1 atom stereocenters. The molecule has 0 bridgehead atoms. The maximum atomic E-state index is 13.4. The molecule has 1 aliphatic rings. The predicted octanol–water partition coefficient (Wildman–Crippen LogP) is 3.56. The van der Waals surface area contributed by atoms with Crippen molar-refractivity contribution < 1.29 is 45.8 Å². The minimum Gasteiger partial charge on any atom is -0.453 e. The van der Waals surface area contributed by atoms with Crippen LogP contribution in [0.25, 0.3) is 0 Å². The van der Waals surface area contributed by atoms with Crippen LogP contribution in [0.15, 0.2) is 30.6 Å². The van der Waals surface area contributed by atoms with Crippen LogP contribution in [-0.4, -0.2) is 38.6 Å². The van der Waals surface area contributed by atoms with Crippen molar-refractivity contribution in [3.05, 3.63) is 47.5 Å². The molecule has 1 aliphatic carbocycles. The summed E-state index contributed by atoms with van der Waals surface area (Å²) in [5.74, 6) is -2.64. The molecule has 8 nitrogen and oxygen atoms in total. The number of alkyl halides is 6. The van der Waals surface area contributed by atoms with Crippen molar-refractivity contribution in [2.75, 3.05) is 0 Å². The molecule has 3 rings (SSSR count). The summed E-state index contributed by atoms with van der Waals surface area (Å²) >= 11 is 0. The van der Waals surface area contributed by atoms with E-state index in [-0.39, 0.29) is 36.5 Å². The average Bonchev–Trinajstić information content (AvgIpc) is 3.51. The summed E-state index contributed by atoms with van der Waals surface area (Å²) in [6, 6.07) is 3.11. The van der Waals surface area contributed by atoms with Gasteiger partial charge in [-0.05, 0) is 37.5 Å². The highest BCUT2D eigenvalue weighted by atomic mass is 19.4.